The van der Waals surface area contributed by atoms with E-state index in [1.807, 2.05) is 6.92 Å². The van der Waals surface area contributed by atoms with E-state index in [1.54, 1.807) is 55.6 Å². The molecule has 1 atom stereocenters. The van der Waals surface area contributed by atoms with Gasteiger partial charge < -0.3 is 14.8 Å². The van der Waals surface area contributed by atoms with Crippen LogP contribution in [0, 0.1) is 0 Å². The molecule has 0 aliphatic carbocycles. The van der Waals surface area contributed by atoms with Gasteiger partial charge in [-0.15, -0.1) is 0 Å². The second-order valence-electron chi connectivity index (χ2n) is 6.43. The zero-order valence-corrected chi connectivity index (χ0v) is 17.3. The summed E-state index contributed by atoms with van der Waals surface area (Å²) in [5.74, 6) is 0.249. The number of hydrogen-bond acceptors (Lipinski definition) is 5. The maximum Gasteiger partial charge on any atom is 0.251 e. The van der Waals surface area contributed by atoms with Gasteiger partial charge in [-0.3, -0.25) is 4.79 Å². The van der Waals surface area contributed by atoms with Crippen molar-refractivity contribution in [1.82, 2.24) is 9.62 Å². The van der Waals surface area contributed by atoms with Crippen LogP contribution in [0.15, 0.2) is 53.4 Å². The molecular weight excluding hydrogens is 380 g/mol. The minimum atomic E-state index is -3.66. The maximum atomic E-state index is 12.8. The van der Waals surface area contributed by atoms with Gasteiger partial charge >= 0.3 is 0 Å². The van der Waals surface area contributed by atoms with Crippen molar-refractivity contribution in [2.24, 2.45) is 0 Å². The van der Waals surface area contributed by atoms with Gasteiger partial charge in [0.25, 0.3) is 5.91 Å². The first kappa shape index (κ1) is 21.9. The highest BCUT2D eigenvalue weighted by Crippen LogP contribution is 2.24. The van der Waals surface area contributed by atoms with Crippen LogP contribution in [0.2, 0.25) is 0 Å². The number of rotatable bonds is 9. The lowest BCUT2D eigenvalue weighted by Gasteiger charge is -2.20. The summed E-state index contributed by atoms with van der Waals surface area (Å²) in [6, 6.07) is 13.0. The molecule has 0 aliphatic rings. The summed E-state index contributed by atoms with van der Waals surface area (Å²) in [7, 11) is 0.906. The minimum absolute atomic E-state index is 0.0646. The van der Waals surface area contributed by atoms with Gasteiger partial charge in [-0.25, -0.2) is 8.42 Å². The van der Waals surface area contributed by atoms with Gasteiger partial charge in [0.2, 0.25) is 10.0 Å². The van der Waals surface area contributed by atoms with Crippen LogP contribution in [0.25, 0.3) is 0 Å². The number of ether oxygens (including phenoxy) is 2. The van der Waals surface area contributed by atoms with Crippen molar-refractivity contribution in [3.8, 4) is 5.75 Å². The molecule has 0 spiro atoms. The maximum absolute atomic E-state index is 12.8. The standard InChI is InChI=1S/C20H26N2O5S/c1-15(14-26-3)21-20(23)16-10-11-19(27-4)17(12-16)13-22(2)28(24,25)18-8-6-5-7-9-18/h5-12,15H,13-14H2,1-4H3,(H,21,23)/t15-/m1/s1. The predicted molar refractivity (Wildman–Crippen MR) is 107 cm³/mol. The number of benzene rings is 2. The lowest BCUT2D eigenvalue weighted by atomic mass is 10.1. The Morgan fingerprint density at radius 1 is 1.14 bits per heavy atom. The van der Waals surface area contributed by atoms with Crippen LogP contribution >= 0.6 is 0 Å². The summed E-state index contributed by atoms with van der Waals surface area (Å²) < 4.78 is 37.1. The zero-order chi connectivity index (χ0) is 20.7. The van der Waals surface area contributed by atoms with Gasteiger partial charge in [0.15, 0.2) is 0 Å². The highest BCUT2D eigenvalue weighted by molar-refractivity contribution is 7.89. The molecule has 1 amide bonds. The Morgan fingerprint density at radius 3 is 2.43 bits per heavy atom. The van der Waals surface area contributed by atoms with Crippen LogP contribution in [-0.4, -0.2) is 52.5 Å². The van der Waals surface area contributed by atoms with Gasteiger partial charge in [-0.2, -0.15) is 4.31 Å². The zero-order valence-electron chi connectivity index (χ0n) is 16.5. The van der Waals surface area contributed by atoms with E-state index in [0.29, 0.717) is 23.5 Å². The smallest absolute Gasteiger partial charge is 0.251 e. The molecule has 2 aromatic rings. The molecule has 0 aliphatic heterocycles. The van der Waals surface area contributed by atoms with Gasteiger partial charge in [-0.1, -0.05) is 18.2 Å². The van der Waals surface area contributed by atoms with Crippen molar-refractivity contribution >= 4 is 15.9 Å². The molecule has 8 heteroatoms. The van der Waals surface area contributed by atoms with E-state index in [0.717, 1.165) is 0 Å². The van der Waals surface area contributed by atoms with Crippen LogP contribution < -0.4 is 10.1 Å². The Bertz CT molecular complexity index is 900. The van der Waals surface area contributed by atoms with Crippen molar-refractivity contribution in [2.75, 3.05) is 27.9 Å². The molecule has 152 valence electrons. The fourth-order valence-electron chi connectivity index (χ4n) is 2.74. The van der Waals surface area contributed by atoms with E-state index in [2.05, 4.69) is 5.32 Å². The van der Waals surface area contributed by atoms with Gasteiger partial charge in [-0.05, 0) is 37.3 Å². The molecule has 1 N–H and O–H groups in total. The van der Waals surface area contributed by atoms with E-state index >= 15 is 0 Å². The van der Waals surface area contributed by atoms with Crippen LogP contribution in [0.3, 0.4) is 0 Å². The summed E-state index contributed by atoms with van der Waals surface area (Å²) >= 11 is 0. The number of nitrogens with one attached hydrogen (secondary N) is 1. The third-order valence-electron chi connectivity index (χ3n) is 4.18. The summed E-state index contributed by atoms with van der Waals surface area (Å²) in [4.78, 5) is 12.7. The molecule has 2 aromatic carbocycles. The van der Waals surface area contributed by atoms with E-state index in [9.17, 15) is 13.2 Å². The van der Waals surface area contributed by atoms with E-state index in [4.69, 9.17) is 9.47 Å². The highest BCUT2D eigenvalue weighted by atomic mass is 32.2. The fourth-order valence-corrected chi connectivity index (χ4v) is 3.91. The molecule has 0 saturated heterocycles. The lowest BCUT2D eigenvalue weighted by molar-refractivity contribution is 0.0905. The SMILES string of the molecule is COC[C@@H](C)NC(=O)c1ccc(OC)c(CN(C)S(=O)(=O)c2ccccc2)c1. The average molecular weight is 407 g/mol. The Labute approximate surface area is 166 Å². The molecule has 0 heterocycles. The van der Waals surface area contributed by atoms with Crippen molar-refractivity contribution in [1.29, 1.82) is 0 Å². The molecule has 0 fully saturated rings. The van der Waals surface area contributed by atoms with E-state index < -0.39 is 10.0 Å². The second-order valence-corrected chi connectivity index (χ2v) is 8.48. The topological polar surface area (TPSA) is 84.9 Å². The number of amides is 1. The molecule has 0 radical (unpaired) electrons. The first-order valence-corrected chi connectivity index (χ1v) is 10.2. The number of sulfonamides is 1. The Hall–Kier alpha value is -2.42. The third-order valence-corrected chi connectivity index (χ3v) is 6.00. The summed E-state index contributed by atoms with van der Waals surface area (Å²) in [5.41, 5.74) is 1.01. The highest BCUT2D eigenvalue weighted by Gasteiger charge is 2.22. The third kappa shape index (κ3) is 5.31. The normalized spacial score (nSPS) is 12.6. The van der Waals surface area contributed by atoms with Gasteiger partial charge in [0.05, 0.1) is 18.6 Å². The van der Waals surface area contributed by atoms with Crippen molar-refractivity contribution in [3.63, 3.8) is 0 Å². The number of carbonyl (C=O) groups is 1. The van der Waals surface area contributed by atoms with Gasteiger partial charge in [0, 0.05) is 37.9 Å². The molecule has 28 heavy (non-hydrogen) atoms. The Kier molecular flexibility index (Phi) is 7.56. The van der Waals surface area contributed by atoms with Gasteiger partial charge in [0.1, 0.15) is 5.75 Å². The first-order valence-electron chi connectivity index (χ1n) is 8.77. The fraction of sp³-hybridized carbons (Fsp3) is 0.350. The molecule has 2 rings (SSSR count). The van der Waals surface area contributed by atoms with Crippen LogP contribution in [0.5, 0.6) is 5.75 Å². The average Bonchev–Trinajstić information content (AvgIpc) is 2.68. The van der Waals surface area contributed by atoms with E-state index in [1.165, 1.54) is 18.5 Å². The molecule has 0 saturated carbocycles. The molecule has 7 nitrogen and oxygen atoms in total. The van der Waals surface area contributed by atoms with E-state index in [-0.39, 0.29) is 23.4 Å². The Morgan fingerprint density at radius 2 is 1.82 bits per heavy atom. The molecule has 0 bridgehead atoms. The largest absolute Gasteiger partial charge is 0.496 e. The first-order chi connectivity index (χ1) is 13.3. The number of hydrogen-bond donors (Lipinski definition) is 1. The van der Waals surface area contributed by atoms with Crippen LogP contribution in [0.1, 0.15) is 22.8 Å². The summed E-state index contributed by atoms with van der Waals surface area (Å²) in [6.45, 7) is 2.30. The summed E-state index contributed by atoms with van der Waals surface area (Å²) in [5, 5.41) is 2.83. The van der Waals surface area contributed by atoms with Crippen LogP contribution in [-0.2, 0) is 21.3 Å². The Balaban J connectivity index is 2.25. The van der Waals surface area contributed by atoms with Crippen molar-refractivity contribution in [2.45, 2.75) is 24.4 Å². The predicted octanol–water partition coefficient (Wildman–Crippen LogP) is 2.28. The van der Waals surface area contributed by atoms with Crippen LogP contribution in [0.4, 0.5) is 0 Å². The quantitative estimate of drug-likeness (QED) is 0.691. The number of methoxy groups -OCH3 is 2. The monoisotopic (exact) mass is 406 g/mol. The summed E-state index contributed by atoms with van der Waals surface area (Å²) in [6.07, 6.45) is 0. The minimum Gasteiger partial charge on any atom is -0.496 e. The second kappa shape index (κ2) is 9.68. The number of carbonyl (C=O) groups excluding carboxylic acids is 1. The molecular formula is C20H26N2O5S. The van der Waals surface area contributed by atoms with Crippen molar-refractivity contribution < 1.29 is 22.7 Å². The lowest BCUT2D eigenvalue weighted by Crippen LogP contribution is -2.35. The number of nitrogens with zero attached hydrogens (tertiary/aromatic N) is 1. The van der Waals surface area contributed by atoms with Crippen molar-refractivity contribution in [3.05, 3.63) is 59.7 Å². The molecule has 0 unspecified atom stereocenters. The molecule has 0 aromatic heterocycles.